The molecule has 0 spiro atoms. The molecule has 0 bridgehead atoms. The summed E-state index contributed by atoms with van der Waals surface area (Å²) in [4.78, 5) is 40.0. The summed E-state index contributed by atoms with van der Waals surface area (Å²) in [6.45, 7) is 0. The summed E-state index contributed by atoms with van der Waals surface area (Å²) >= 11 is 4.93. The van der Waals surface area contributed by atoms with Gasteiger partial charge in [-0.1, -0.05) is 0 Å². The molecule has 1 atom stereocenters. The van der Waals surface area contributed by atoms with Gasteiger partial charge in [-0.25, -0.2) is 0 Å². The van der Waals surface area contributed by atoms with Crippen LogP contribution in [0.25, 0.3) is 10.9 Å². The van der Waals surface area contributed by atoms with Gasteiger partial charge in [0.15, 0.2) is 0 Å². The average Bonchev–Trinajstić information content (AvgIpc) is 2.79. The Morgan fingerprint density at radius 2 is 2.32 bits per heavy atom. The zero-order valence-electron chi connectivity index (χ0n) is 11.4. The Morgan fingerprint density at radius 3 is 3.09 bits per heavy atom. The monoisotopic (exact) mass is 381 g/mol. The summed E-state index contributed by atoms with van der Waals surface area (Å²) in [6.07, 6.45) is 2.42. The molecule has 6 nitrogen and oxygen atoms in total. The Balaban J connectivity index is 1.71. The smallest absolute Gasteiger partial charge is 0.249 e. The number of carbonyl (C=O) groups is 3. The number of fused-ring (bicyclic) bond motifs is 1. The largest absolute Gasteiger partial charge is 0.344 e. The Morgan fingerprint density at radius 1 is 1.50 bits per heavy atom. The van der Waals surface area contributed by atoms with Crippen molar-refractivity contribution in [3.05, 3.63) is 27.0 Å². The third-order valence-corrected chi connectivity index (χ3v) is 5.29. The van der Waals surface area contributed by atoms with Crippen LogP contribution in [0.5, 0.6) is 0 Å². The van der Waals surface area contributed by atoms with Gasteiger partial charge in [0.2, 0.25) is 17.7 Å². The summed E-state index contributed by atoms with van der Waals surface area (Å²) in [5.41, 5.74) is 0.790. The molecule has 1 aliphatic heterocycles. The van der Waals surface area contributed by atoms with Crippen molar-refractivity contribution in [3.63, 3.8) is 0 Å². The first-order chi connectivity index (χ1) is 10.5. The summed E-state index contributed by atoms with van der Waals surface area (Å²) in [5, 5.41) is 5.86. The van der Waals surface area contributed by atoms with Crippen molar-refractivity contribution in [3.8, 4) is 0 Å². The zero-order valence-corrected chi connectivity index (χ0v) is 13.8. The van der Waals surface area contributed by atoms with Crippen molar-refractivity contribution in [1.82, 2.24) is 15.6 Å². The van der Waals surface area contributed by atoms with E-state index < -0.39 is 11.9 Å². The normalized spacial score (nSPS) is 18.3. The van der Waals surface area contributed by atoms with Crippen LogP contribution in [0.1, 0.15) is 17.7 Å². The highest BCUT2D eigenvalue weighted by Gasteiger charge is 2.28. The van der Waals surface area contributed by atoms with Crippen LogP contribution in [0, 0.1) is 0 Å². The predicted molar refractivity (Wildman–Crippen MR) is 85.3 cm³/mol. The molecule has 0 aliphatic carbocycles. The number of rotatable bonds is 3. The number of pyridine rings is 1. The summed E-state index contributed by atoms with van der Waals surface area (Å²) in [5.74, 6) is -0.997. The number of piperidine rings is 1. The van der Waals surface area contributed by atoms with Gasteiger partial charge in [-0.3, -0.25) is 24.7 Å². The molecule has 0 saturated carbocycles. The molecule has 2 aromatic heterocycles. The third kappa shape index (κ3) is 3.02. The molecule has 22 heavy (non-hydrogen) atoms. The highest BCUT2D eigenvalue weighted by Crippen LogP contribution is 2.34. The van der Waals surface area contributed by atoms with Gasteiger partial charge in [-0.15, -0.1) is 11.3 Å². The van der Waals surface area contributed by atoms with Crippen LogP contribution in [0.4, 0.5) is 0 Å². The number of amides is 3. The van der Waals surface area contributed by atoms with E-state index in [-0.39, 0.29) is 24.7 Å². The lowest BCUT2D eigenvalue weighted by Crippen LogP contribution is -2.52. The lowest BCUT2D eigenvalue weighted by Gasteiger charge is -2.21. The lowest BCUT2D eigenvalue weighted by molar-refractivity contribution is -0.137. The second-order valence-electron chi connectivity index (χ2n) is 4.95. The maximum absolute atomic E-state index is 12.1. The Kier molecular flexibility index (Phi) is 4.21. The number of thiophene rings is 1. The van der Waals surface area contributed by atoms with Crippen molar-refractivity contribution in [2.45, 2.75) is 25.3 Å². The third-order valence-electron chi connectivity index (χ3n) is 3.39. The first-order valence-corrected chi connectivity index (χ1v) is 8.30. The van der Waals surface area contributed by atoms with E-state index in [4.69, 9.17) is 0 Å². The molecule has 0 radical (unpaired) electrons. The maximum Gasteiger partial charge on any atom is 0.249 e. The molecular formula is C14H12BrN3O3S. The average molecular weight is 382 g/mol. The number of nitrogens with one attached hydrogen (secondary N) is 2. The van der Waals surface area contributed by atoms with Crippen LogP contribution in [0.3, 0.4) is 0 Å². The van der Waals surface area contributed by atoms with Crippen molar-refractivity contribution in [2.24, 2.45) is 0 Å². The van der Waals surface area contributed by atoms with E-state index in [1.807, 2.05) is 12.1 Å². The molecule has 2 N–H and O–H groups in total. The van der Waals surface area contributed by atoms with Crippen LogP contribution < -0.4 is 10.6 Å². The highest BCUT2D eigenvalue weighted by atomic mass is 79.9. The van der Waals surface area contributed by atoms with Gasteiger partial charge in [0.1, 0.15) is 6.04 Å². The van der Waals surface area contributed by atoms with Crippen molar-refractivity contribution < 1.29 is 14.4 Å². The Labute approximate surface area is 138 Å². The molecule has 1 aliphatic rings. The minimum atomic E-state index is -0.646. The Bertz CT molecular complexity index is 774. The quantitative estimate of drug-likeness (QED) is 0.788. The standard InChI is InChI=1S/C14H12BrN3O3S/c15-13-7-2-1-5-16-12(7)9(22-13)6-11(20)17-8-3-4-10(19)18-14(8)21/h1-2,5,8H,3-4,6H2,(H,17,20)(H,18,19,21). The fourth-order valence-corrected chi connectivity index (χ4v) is 4.20. The van der Waals surface area contributed by atoms with Gasteiger partial charge in [-0.2, -0.15) is 0 Å². The molecule has 0 aromatic carbocycles. The molecule has 8 heteroatoms. The van der Waals surface area contributed by atoms with E-state index in [2.05, 4.69) is 31.5 Å². The summed E-state index contributed by atoms with van der Waals surface area (Å²) in [7, 11) is 0. The van der Waals surface area contributed by atoms with Gasteiger partial charge in [0, 0.05) is 22.9 Å². The van der Waals surface area contributed by atoms with E-state index in [9.17, 15) is 14.4 Å². The summed E-state index contributed by atoms with van der Waals surface area (Å²) in [6, 6.07) is 3.13. The van der Waals surface area contributed by atoms with E-state index in [0.29, 0.717) is 6.42 Å². The minimum Gasteiger partial charge on any atom is -0.344 e. The molecular weight excluding hydrogens is 370 g/mol. The zero-order chi connectivity index (χ0) is 15.7. The number of imide groups is 1. The molecule has 3 rings (SSSR count). The first-order valence-electron chi connectivity index (χ1n) is 6.69. The van der Waals surface area contributed by atoms with Crippen LogP contribution in [-0.2, 0) is 20.8 Å². The topological polar surface area (TPSA) is 88.2 Å². The second kappa shape index (κ2) is 6.13. The van der Waals surface area contributed by atoms with Crippen LogP contribution in [0.2, 0.25) is 0 Å². The van der Waals surface area contributed by atoms with Crippen LogP contribution in [-0.4, -0.2) is 28.7 Å². The Hall–Kier alpha value is -1.80. The number of hydrogen-bond acceptors (Lipinski definition) is 5. The van der Waals surface area contributed by atoms with E-state index in [1.54, 1.807) is 6.20 Å². The molecule has 1 unspecified atom stereocenters. The first kappa shape index (κ1) is 15.1. The molecule has 1 fully saturated rings. The molecule has 2 aromatic rings. The lowest BCUT2D eigenvalue weighted by atomic mass is 10.1. The fraction of sp³-hybridized carbons (Fsp3) is 0.286. The fourth-order valence-electron chi connectivity index (χ4n) is 2.34. The van der Waals surface area contributed by atoms with E-state index in [0.717, 1.165) is 19.6 Å². The van der Waals surface area contributed by atoms with Gasteiger partial charge >= 0.3 is 0 Å². The van der Waals surface area contributed by atoms with Crippen LogP contribution >= 0.6 is 27.3 Å². The maximum atomic E-state index is 12.1. The van der Waals surface area contributed by atoms with E-state index >= 15 is 0 Å². The molecule has 1 saturated heterocycles. The van der Waals surface area contributed by atoms with Crippen LogP contribution in [0.15, 0.2) is 22.1 Å². The second-order valence-corrected chi connectivity index (χ2v) is 7.37. The van der Waals surface area contributed by atoms with Gasteiger partial charge in [0.25, 0.3) is 0 Å². The minimum absolute atomic E-state index is 0.154. The van der Waals surface area contributed by atoms with Gasteiger partial charge in [0.05, 0.1) is 15.7 Å². The summed E-state index contributed by atoms with van der Waals surface area (Å²) < 4.78 is 0.930. The van der Waals surface area contributed by atoms with Gasteiger partial charge in [-0.05, 0) is 34.5 Å². The van der Waals surface area contributed by atoms with E-state index in [1.165, 1.54) is 11.3 Å². The SMILES string of the molecule is O=C1CCC(NC(=O)Cc2sc(Br)c3cccnc23)C(=O)N1. The van der Waals surface area contributed by atoms with Gasteiger partial charge < -0.3 is 5.32 Å². The number of halogens is 1. The molecule has 3 heterocycles. The highest BCUT2D eigenvalue weighted by molar-refractivity contribution is 9.11. The molecule has 3 amide bonds. The molecule has 114 valence electrons. The number of aromatic nitrogens is 1. The number of nitrogens with zero attached hydrogens (tertiary/aromatic N) is 1. The predicted octanol–water partition coefficient (Wildman–Crippen LogP) is 1.52. The number of hydrogen-bond donors (Lipinski definition) is 2. The van der Waals surface area contributed by atoms with Crippen molar-refractivity contribution in [2.75, 3.05) is 0 Å². The van der Waals surface area contributed by atoms with Crippen molar-refractivity contribution in [1.29, 1.82) is 0 Å². The number of carbonyl (C=O) groups excluding carboxylic acids is 3. The van der Waals surface area contributed by atoms with Crippen molar-refractivity contribution >= 4 is 55.9 Å².